The molecule has 1 amide bonds. The summed E-state index contributed by atoms with van der Waals surface area (Å²) in [7, 11) is 0. The number of carbonyl (C=O) groups excluding carboxylic acids is 1. The highest BCUT2D eigenvalue weighted by Crippen LogP contribution is 2.57. The van der Waals surface area contributed by atoms with Crippen LogP contribution in [0.25, 0.3) is 0 Å². The minimum Gasteiger partial charge on any atom is -0.375 e. The summed E-state index contributed by atoms with van der Waals surface area (Å²) in [5, 5.41) is 0. The Bertz CT molecular complexity index is 975. The van der Waals surface area contributed by atoms with Crippen molar-refractivity contribution in [3.05, 3.63) is 71.5 Å². The SMILES string of the molecule is CCCOC1(C2CCC2)CCC2(c3ccccc3)C(=O)N(Cc3ccccc3F)CCC2C1. The lowest BCUT2D eigenvalue weighted by molar-refractivity contribution is -0.174. The van der Waals surface area contributed by atoms with Crippen LogP contribution in [0.15, 0.2) is 54.6 Å². The lowest BCUT2D eigenvalue weighted by Gasteiger charge is -2.58. The van der Waals surface area contributed by atoms with Crippen molar-refractivity contribution in [3.63, 3.8) is 0 Å². The molecule has 0 spiro atoms. The summed E-state index contributed by atoms with van der Waals surface area (Å²) in [6.45, 7) is 4.00. The van der Waals surface area contributed by atoms with Crippen molar-refractivity contribution in [2.24, 2.45) is 11.8 Å². The third-order valence-corrected chi connectivity index (χ3v) is 8.70. The Morgan fingerprint density at radius 3 is 2.45 bits per heavy atom. The van der Waals surface area contributed by atoms with Gasteiger partial charge in [-0.1, -0.05) is 61.9 Å². The molecule has 4 heteroatoms. The van der Waals surface area contributed by atoms with E-state index >= 15 is 0 Å². The number of piperidine rings is 1. The molecule has 0 radical (unpaired) electrons. The third-order valence-electron chi connectivity index (χ3n) is 8.70. The van der Waals surface area contributed by atoms with E-state index in [9.17, 15) is 9.18 Å². The van der Waals surface area contributed by atoms with Gasteiger partial charge in [-0.2, -0.15) is 0 Å². The van der Waals surface area contributed by atoms with Crippen LogP contribution in [0.4, 0.5) is 4.39 Å². The van der Waals surface area contributed by atoms with E-state index in [1.807, 2.05) is 29.2 Å². The number of ether oxygens (including phenoxy) is 1. The maximum absolute atomic E-state index is 14.4. The maximum atomic E-state index is 14.4. The first-order chi connectivity index (χ1) is 16.1. The fourth-order valence-electron chi connectivity index (χ4n) is 6.71. The van der Waals surface area contributed by atoms with Crippen LogP contribution in [0.1, 0.15) is 69.4 Å². The normalized spacial score (nSPS) is 30.1. The summed E-state index contributed by atoms with van der Waals surface area (Å²) in [6.07, 6.45) is 8.48. The van der Waals surface area contributed by atoms with Gasteiger partial charge < -0.3 is 9.64 Å². The van der Waals surface area contributed by atoms with Crippen molar-refractivity contribution < 1.29 is 13.9 Å². The minimum absolute atomic E-state index is 0.0782. The van der Waals surface area contributed by atoms with Crippen molar-refractivity contribution in [3.8, 4) is 0 Å². The second-order valence-corrected chi connectivity index (χ2v) is 10.4. The summed E-state index contributed by atoms with van der Waals surface area (Å²) in [4.78, 5) is 16.1. The molecule has 1 aliphatic heterocycles. The molecule has 2 aromatic carbocycles. The molecule has 2 aromatic rings. The molecule has 5 rings (SSSR count). The van der Waals surface area contributed by atoms with Gasteiger partial charge in [0.2, 0.25) is 5.91 Å². The molecule has 1 heterocycles. The lowest BCUT2D eigenvalue weighted by Crippen LogP contribution is -2.62. The summed E-state index contributed by atoms with van der Waals surface area (Å²) in [5.41, 5.74) is 1.10. The molecule has 2 saturated carbocycles. The molecule has 0 aromatic heterocycles. The van der Waals surface area contributed by atoms with Crippen molar-refractivity contribution >= 4 is 5.91 Å². The molecule has 0 N–H and O–H groups in total. The zero-order valence-electron chi connectivity index (χ0n) is 19.8. The van der Waals surface area contributed by atoms with Crippen LogP contribution >= 0.6 is 0 Å². The minimum atomic E-state index is -0.534. The van der Waals surface area contributed by atoms with Gasteiger partial charge in [-0.05, 0) is 68.4 Å². The van der Waals surface area contributed by atoms with Crippen LogP contribution in [-0.2, 0) is 21.5 Å². The fraction of sp³-hybridized carbons (Fsp3) is 0.552. The van der Waals surface area contributed by atoms with E-state index in [4.69, 9.17) is 4.74 Å². The molecule has 3 nitrogen and oxygen atoms in total. The number of carbonyl (C=O) groups is 1. The lowest BCUT2D eigenvalue weighted by atomic mass is 9.52. The quantitative estimate of drug-likeness (QED) is 0.499. The molecule has 2 aliphatic carbocycles. The van der Waals surface area contributed by atoms with Crippen molar-refractivity contribution in [2.45, 2.75) is 75.9 Å². The predicted molar refractivity (Wildman–Crippen MR) is 128 cm³/mol. The smallest absolute Gasteiger partial charge is 0.233 e. The van der Waals surface area contributed by atoms with Crippen LogP contribution in [-0.4, -0.2) is 29.6 Å². The second kappa shape index (κ2) is 9.21. The molecule has 3 atom stereocenters. The average Bonchev–Trinajstić information content (AvgIpc) is 2.80. The predicted octanol–water partition coefficient (Wildman–Crippen LogP) is 6.26. The Hall–Kier alpha value is -2.20. The Kier molecular flexibility index (Phi) is 6.30. The summed E-state index contributed by atoms with van der Waals surface area (Å²) in [5.74, 6) is 0.826. The van der Waals surface area contributed by atoms with Crippen LogP contribution in [0.5, 0.6) is 0 Å². The topological polar surface area (TPSA) is 29.5 Å². The number of rotatable bonds is 7. The number of amides is 1. The summed E-state index contributed by atoms with van der Waals surface area (Å²) in [6, 6.07) is 17.2. The molecule has 1 saturated heterocycles. The second-order valence-electron chi connectivity index (χ2n) is 10.4. The van der Waals surface area contributed by atoms with Gasteiger partial charge in [0.05, 0.1) is 11.0 Å². The zero-order valence-corrected chi connectivity index (χ0v) is 19.8. The van der Waals surface area contributed by atoms with Gasteiger partial charge in [0, 0.05) is 25.3 Å². The van der Waals surface area contributed by atoms with Crippen LogP contribution in [0.3, 0.4) is 0 Å². The molecule has 3 aliphatic rings. The highest BCUT2D eigenvalue weighted by molar-refractivity contribution is 5.89. The van der Waals surface area contributed by atoms with Gasteiger partial charge in [0.15, 0.2) is 0 Å². The zero-order chi connectivity index (χ0) is 22.9. The number of hydrogen-bond acceptors (Lipinski definition) is 2. The standard InChI is InChI=1S/C29H36FNO2/c1-2-19-33-28(23-12-8-13-23)16-17-29(24-10-4-3-5-11-24)25(20-28)15-18-31(27(29)32)21-22-9-6-7-14-26(22)30/h3-7,9-11,14,23,25H,2,8,12-13,15-21H2,1H3. The highest BCUT2D eigenvalue weighted by atomic mass is 19.1. The van der Waals surface area contributed by atoms with Gasteiger partial charge in [-0.3, -0.25) is 4.79 Å². The van der Waals surface area contributed by atoms with Gasteiger partial charge >= 0.3 is 0 Å². The highest BCUT2D eigenvalue weighted by Gasteiger charge is 2.59. The van der Waals surface area contributed by atoms with E-state index < -0.39 is 5.41 Å². The largest absolute Gasteiger partial charge is 0.375 e. The Morgan fingerprint density at radius 2 is 1.76 bits per heavy atom. The molecular weight excluding hydrogens is 413 g/mol. The molecule has 33 heavy (non-hydrogen) atoms. The van der Waals surface area contributed by atoms with E-state index in [1.165, 1.54) is 25.3 Å². The Morgan fingerprint density at radius 1 is 1.00 bits per heavy atom. The Balaban J connectivity index is 1.48. The van der Waals surface area contributed by atoms with E-state index in [2.05, 4.69) is 19.1 Å². The van der Waals surface area contributed by atoms with Gasteiger partial charge in [0.1, 0.15) is 5.82 Å². The molecule has 3 unspecified atom stereocenters. The van der Waals surface area contributed by atoms with Gasteiger partial charge in [0.25, 0.3) is 0 Å². The fourth-order valence-corrected chi connectivity index (χ4v) is 6.71. The van der Waals surface area contributed by atoms with Crippen LogP contribution in [0.2, 0.25) is 0 Å². The Labute approximate surface area is 197 Å². The first-order valence-electron chi connectivity index (χ1n) is 12.8. The van der Waals surface area contributed by atoms with Gasteiger partial charge in [-0.25, -0.2) is 4.39 Å². The first kappa shape index (κ1) is 22.6. The van der Waals surface area contributed by atoms with Crippen LogP contribution < -0.4 is 0 Å². The number of benzene rings is 2. The number of nitrogens with zero attached hydrogens (tertiary/aromatic N) is 1. The van der Waals surface area contributed by atoms with Gasteiger partial charge in [-0.15, -0.1) is 0 Å². The third kappa shape index (κ3) is 3.90. The average molecular weight is 450 g/mol. The molecular formula is C29H36FNO2. The van der Waals surface area contributed by atoms with E-state index in [0.29, 0.717) is 24.6 Å². The first-order valence-corrected chi connectivity index (χ1v) is 12.8. The number of halogens is 1. The number of hydrogen-bond donors (Lipinski definition) is 0. The van der Waals surface area contributed by atoms with E-state index in [0.717, 1.165) is 44.3 Å². The summed E-state index contributed by atoms with van der Waals surface area (Å²) >= 11 is 0. The van der Waals surface area contributed by atoms with E-state index in [-0.39, 0.29) is 23.2 Å². The maximum Gasteiger partial charge on any atom is 0.233 e. The monoisotopic (exact) mass is 449 g/mol. The molecule has 3 fully saturated rings. The molecule has 176 valence electrons. The summed E-state index contributed by atoms with van der Waals surface area (Å²) < 4.78 is 21.1. The number of likely N-dealkylation sites (tertiary alicyclic amines) is 1. The van der Waals surface area contributed by atoms with Crippen molar-refractivity contribution in [1.29, 1.82) is 0 Å². The van der Waals surface area contributed by atoms with E-state index in [1.54, 1.807) is 12.1 Å². The van der Waals surface area contributed by atoms with Crippen LogP contribution in [0, 0.1) is 17.7 Å². The van der Waals surface area contributed by atoms with Crippen molar-refractivity contribution in [2.75, 3.05) is 13.2 Å². The van der Waals surface area contributed by atoms with Crippen molar-refractivity contribution in [1.82, 2.24) is 4.90 Å². The number of fused-ring (bicyclic) bond motifs is 1. The molecule has 0 bridgehead atoms.